The lowest BCUT2D eigenvalue weighted by Crippen LogP contribution is -2.44. The Morgan fingerprint density at radius 1 is 1.39 bits per heavy atom. The van der Waals surface area contributed by atoms with E-state index in [2.05, 4.69) is 15.6 Å². The number of nitrogens with one attached hydrogen (secondary N) is 2. The van der Waals surface area contributed by atoms with Crippen molar-refractivity contribution in [1.82, 2.24) is 10.3 Å². The molecule has 5 nitrogen and oxygen atoms in total. The van der Waals surface area contributed by atoms with Crippen LogP contribution in [0.25, 0.3) is 0 Å². The van der Waals surface area contributed by atoms with Gasteiger partial charge in [-0.3, -0.25) is 4.79 Å². The van der Waals surface area contributed by atoms with Crippen LogP contribution < -0.4 is 15.5 Å². The topological polar surface area (TPSA) is 57.3 Å². The Labute approximate surface area is 150 Å². The molecule has 1 aliphatic heterocycles. The SMILES string of the molecule is CN(C)c1cc(NC(=O)[C@@]23CCCC[C@H]2CNC3)ccn1.Cl.Cl. The number of aromatic nitrogens is 1. The fraction of sp³-hybridized carbons (Fsp3) is 0.625. The lowest BCUT2D eigenvalue weighted by Gasteiger charge is -2.37. The van der Waals surface area contributed by atoms with Crippen molar-refractivity contribution in [2.24, 2.45) is 11.3 Å². The van der Waals surface area contributed by atoms with Crippen molar-refractivity contribution >= 4 is 42.2 Å². The largest absolute Gasteiger partial charge is 0.363 e. The number of hydrogen-bond acceptors (Lipinski definition) is 4. The molecule has 0 spiro atoms. The minimum Gasteiger partial charge on any atom is -0.363 e. The zero-order valence-corrected chi connectivity index (χ0v) is 15.3. The second-order valence-corrected chi connectivity index (χ2v) is 6.48. The van der Waals surface area contributed by atoms with E-state index in [0.717, 1.165) is 37.4 Å². The average Bonchev–Trinajstić information content (AvgIpc) is 2.92. The molecule has 2 N–H and O–H groups in total. The highest BCUT2D eigenvalue weighted by atomic mass is 35.5. The molecule has 3 rings (SSSR count). The van der Waals surface area contributed by atoms with Crippen molar-refractivity contribution in [3.63, 3.8) is 0 Å². The molecule has 0 radical (unpaired) electrons. The molecule has 1 saturated carbocycles. The van der Waals surface area contributed by atoms with E-state index in [1.165, 1.54) is 12.8 Å². The zero-order chi connectivity index (χ0) is 14.9. The Morgan fingerprint density at radius 2 is 2.17 bits per heavy atom. The van der Waals surface area contributed by atoms with Crippen molar-refractivity contribution in [3.8, 4) is 0 Å². The molecule has 0 bridgehead atoms. The summed E-state index contributed by atoms with van der Waals surface area (Å²) in [5.74, 6) is 1.52. The quantitative estimate of drug-likeness (QED) is 0.869. The number of carbonyl (C=O) groups is 1. The summed E-state index contributed by atoms with van der Waals surface area (Å²) in [4.78, 5) is 19.1. The number of anilines is 2. The number of rotatable bonds is 3. The standard InChI is InChI=1S/C16H24N4O.2ClH/c1-20(2)14-9-13(6-8-18-14)19-15(21)16-7-4-3-5-12(16)10-17-11-16;;/h6,8-9,12,17H,3-5,7,10-11H2,1-2H3,(H,18,19,21);2*1H/t12-,16+;;/m0../s1. The number of carbonyl (C=O) groups excluding carboxylic acids is 1. The number of pyridine rings is 1. The van der Waals surface area contributed by atoms with Crippen LogP contribution in [0.2, 0.25) is 0 Å². The smallest absolute Gasteiger partial charge is 0.232 e. The van der Waals surface area contributed by atoms with Gasteiger partial charge in [0.25, 0.3) is 0 Å². The molecule has 2 atom stereocenters. The van der Waals surface area contributed by atoms with Crippen LogP contribution in [0.1, 0.15) is 25.7 Å². The first-order chi connectivity index (χ1) is 10.1. The number of nitrogens with zero attached hydrogens (tertiary/aromatic N) is 2. The van der Waals surface area contributed by atoms with Gasteiger partial charge >= 0.3 is 0 Å². The first-order valence-electron chi connectivity index (χ1n) is 7.77. The highest BCUT2D eigenvalue weighted by Gasteiger charge is 2.49. The minimum atomic E-state index is -0.209. The summed E-state index contributed by atoms with van der Waals surface area (Å²) >= 11 is 0. The molecule has 1 aliphatic carbocycles. The van der Waals surface area contributed by atoms with Crippen LogP contribution in [-0.4, -0.2) is 38.1 Å². The fourth-order valence-corrected chi connectivity index (χ4v) is 3.69. The van der Waals surface area contributed by atoms with Crippen LogP contribution in [0.3, 0.4) is 0 Å². The Balaban J connectivity index is 0.00000132. The van der Waals surface area contributed by atoms with Crippen LogP contribution in [0.15, 0.2) is 18.3 Å². The van der Waals surface area contributed by atoms with Crippen molar-refractivity contribution in [2.75, 3.05) is 37.4 Å². The van der Waals surface area contributed by atoms with E-state index in [1.54, 1.807) is 6.20 Å². The highest BCUT2D eigenvalue weighted by molar-refractivity contribution is 5.96. The summed E-state index contributed by atoms with van der Waals surface area (Å²) in [5.41, 5.74) is 0.629. The normalized spacial score (nSPS) is 25.6. The van der Waals surface area contributed by atoms with Gasteiger partial charge in [0, 0.05) is 38.6 Å². The van der Waals surface area contributed by atoms with Gasteiger partial charge in [0.05, 0.1) is 5.41 Å². The summed E-state index contributed by atoms with van der Waals surface area (Å²) < 4.78 is 0. The van der Waals surface area contributed by atoms with E-state index in [1.807, 2.05) is 31.1 Å². The van der Waals surface area contributed by atoms with Crippen LogP contribution >= 0.6 is 24.8 Å². The maximum atomic E-state index is 12.9. The minimum absolute atomic E-state index is 0. The van der Waals surface area contributed by atoms with Gasteiger partial charge in [-0.05, 0) is 31.4 Å². The van der Waals surface area contributed by atoms with Crippen LogP contribution in [0.5, 0.6) is 0 Å². The lowest BCUT2D eigenvalue weighted by atomic mass is 9.67. The number of amides is 1. The van der Waals surface area contributed by atoms with Crippen LogP contribution in [-0.2, 0) is 4.79 Å². The van der Waals surface area contributed by atoms with Gasteiger partial charge in [-0.25, -0.2) is 4.98 Å². The molecule has 2 fully saturated rings. The van der Waals surface area contributed by atoms with Crippen molar-refractivity contribution in [2.45, 2.75) is 25.7 Å². The molecule has 1 amide bonds. The van der Waals surface area contributed by atoms with Crippen LogP contribution in [0.4, 0.5) is 11.5 Å². The van der Waals surface area contributed by atoms with Crippen molar-refractivity contribution in [1.29, 1.82) is 0 Å². The number of fused-ring (bicyclic) bond motifs is 1. The molecular weight excluding hydrogens is 335 g/mol. The summed E-state index contributed by atoms with van der Waals surface area (Å²) in [6.45, 7) is 1.79. The van der Waals surface area contributed by atoms with E-state index in [4.69, 9.17) is 0 Å². The van der Waals surface area contributed by atoms with Gasteiger partial charge in [0.1, 0.15) is 5.82 Å². The lowest BCUT2D eigenvalue weighted by molar-refractivity contribution is -0.128. The van der Waals surface area contributed by atoms with Gasteiger partial charge in [0.15, 0.2) is 0 Å². The molecule has 23 heavy (non-hydrogen) atoms. The Morgan fingerprint density at radius 3 is 2.91 bits per heavy atom. The molecular formula is C16H26Cl2N4O. The molecule has 7 heteroatoms. The Kier molecular flexibility index (Phi) is 7.11. The summed E-state index contributed by atoms with van der Waals surface area (Å²) in [6, 6.07) is 3.79. The highest BCUT2D eigenvalue weighted by Crippen LogP contribution is 2.44. The van der Waals surface area contributed by atoms with Gasteiger partial charge < -0.3 is 15.5 Å². The zero-order valence-electron chi connectivity index (χ0n) is 13.7. The molecule has 1 saturated heterocycles. The van der Waals surface area contributed by atoms with Crippen molar-refractivity contribution < 1.29 is 4.79 Å². The van der Waals surface area contributed by atoms with Crippen LogP contribution in [0, 0.1) is 11.3 Å². The molecule has 0 aromatic carbocycles. The van der Waals surface area contributed by atoms with E-state index in [-0.39, 0.29) is 36.1 Å². The summed E-state index contributed by atoms with van der Waals surface area (Å²) in [5, 5.41) is 6.54. The molecule has 130 valence electrons. The maximum absolute atomic E-state index is 12.9. The second-order valence-electron chi connectivity index (χ2n) is 6.48. The maximum Gasteiger partial charge on any atom is 0.232 e. The first-order valence-corrected chi connectivity index (χ1v) is 7.77. The summed E-state index contributed by atoms with van der Waals surface area (Å²) in [6.07, 6.45) is 6.32. The molecule has 1 aromatic rings. The van der Waals surface area contributed by atoms with E-state index >= 15 is 0 Å². The first kappa shape index (κ1) is 20.0. The average molecular weight is 361 g/mol. The summed E-state index contributed by atoms with van der Waals surface area (Å²) in [7, 11) is 3.90. The monoisotopic (exact) mass is 360 g/mol. The van der Waals surface area contributed by atoms with Gasteiger partial charge in [-0.2, -0.15) is 0 Å². The van der Waals surface area contributed by atoms with E-state index in [9.17, 15) is 4.79 Å². The third-order valence-corrected chi connectivity index (χ3v) is 4.95. The Hall–Kier alpha value is -1.04. The number of hydrogen-bond donors (Lipinski definition) is 2. The molecule has 1 aromatic heterocycles. The third kappa shape index (κ3) is 3.90. The molecule has 2 heterocycles. The predicted octanol–water partition coefficient (Wildman–Crippen LogP) is 2.71. The molecule has 0 unspecified atom stereocenters. The number of halogens is 2. The van der Waals surface area contributed by atoms with Crippen molar-refractivity contribution in [3.05, 3.63) is 18.3 Å². The van der Waals surface area contributed by atoms with Gasteiger partial charge in [-0.1, -0.05) is 12.8 Å². The Bertz CT molecular complexity index is 541. The second kappa shape index (κ2) is 8.18. The van der Waals surface area contributed by atoms with Gasteiger partial charge in [0.2, 0.25) is 5.91 Å². The van der Waals surface area contributed by atoms with E-state index in [0.29, 0.717) is 5.92 Å². The fourth-order valence-electron chi connectivity index (χ4n) is 3.69. The van der Waals surface area contributed by atoms with Gasteiger partial charge in [-0.15, -0.1) is 24.8 Å². The molecule has 2 aliphatic rings. The van der Waals surface area contributed by atoms with E-state index < -0.39 is 0 Å². The third-order valence-electron chi connectivity index (χ3n) is 4.95. The predicted molar refractivity (Wildman–Crippen MR) is 99.0 cm³/mol.